The van der Waals surface area contributed by atoms with Gasteiger partial charge in [0, 0.05) is 8.95 Å². The highest BCUT2D eigenvalue weighted by molar-refractivity contribution is 9.10. The predicted octanol–water partition coefficient (Wildman–Crippen LogP) is 5.83. The summed E-state index contributed by atoms with van der Waals surface area (Å²) in [7, 11) is 0. The van der Waals surface area contributed by atoms with Crippen LogP contribution in [0, 0.1) is 0 Å². The van der Waals surface area contributed by atoms with E-state index >= 15 is 0 Å². The van der Waals surface area contributed by atoms with E-state index in [4.69, 9.17) is 9.84 Å². The SMILES string of the molecule is CC(C)c1cc(Br)ccc1Oc1cc(Br)cc(C(=O)O)c1. The standard InChI is InChI=1S/C16H14Br2O3/c1-9(2)14-8-11(17)3-4-15(14)21-13-6-10(16(19)20)5-12(18)7-13/h3-9H,1-2H3,(H,19,20). The van der Waals surface area contributed by atoms with Crippen molar-refractivity contribution < 1.29 is 14.6 Å². The van der Waals surface area contributed by atoms with Crippen LogP contribution in [0.4, 0.5) is 0 Å². The summed E-state index contributed by atoms with van der Waals surface area (Å²) in [6.45, 7) is 4.16. The van der Waals surface area contributed by atoms with Crippen molar-refractivity contribution in [2.75, 3.05) is 0 Å². The monoisotopic (exact) mass is 412 g/mol. The van der Waals surface area contributed by atoms with Crippen molar-refractivity contribution in [2.24, 2.45) is 0 Å². The lowest BCUT2D eigenvalue weighted by Crippen LogP contribution is -1.98. The number of aromatic carboxylic acids is 1. The zero-order valence-electron chi connectivity index (χ0n) is 11.6. The van der Waals surface area contributed by atoms with Gasteiger partial charge in [0.05, 0.1) is 5.56 Å². The van der Waals surface area contributed by atoms with Crippen molar-refractivity contribution in [1.82, 2.24) is 0 Å². The lowest BCUT2D eigenvalue weighted by atomic mass is 10.0. The number of rotatable bonds is 4. The van der Waals surface area contributed by atoms with E-state index in [1.165, 1.54) is 6.07 Å². The topological polar surface area (TPSA) is 46.5 Å². The highest BCUT2D eigenvalue weighted by Gasteiger charge is 2.12. The average molecular weight is 414 g/mol. The van der Waals surface area contributed by atoms with E-state index in [1.807, 2.05) is 18.2 Å². The van der Waals surface area contributed by atoms with Gasteiger partial charge in [-0.3, -0.25) is 0 Å². The fourth-order valence-electron chi connectivity index (χ4n) is 1.94. The first kappa shape index (κ1) is 16.0. The Hall–Kier alpha value is -1.33. The first-order chi connectivity index (χ1) is 9.86. The fraction of sp³-hybridized carbons (Fsp3) is 0.188. The van der Waals surface area contributed by atoms with Gasteiger partial charge in [0.25, 0.3) is 0 Å². The van der Waals surface area contributed by atoms with Gasteiger partial charge < -0.3 is 9.84 Å². The first-order valence-electron chi connectivity index (χ1n) is 6.38. The molecule has 0 unspecified atom stereocenters. The Morgan fingerprint density at radius 3 is 2.43 bits per heavy atom. The summed E-state index contributed by atoms with van der Waals surface area (Å²) < 4.78 is 7.54. The smallest absolute Gasteiger partial charge is 0.335 e. The molecule has 0 aliphatic heterocycles. The lowest BCUT2D eigenvalue weighted by molar-refractivity contribution is 0.0696. The van der Waals surface area contributed by atoms with Crippen molar-refractivity contribution >= 4 is 37.8 Å². The quantitative estimate of drug-likeness (QED) is 0.686. The molecular formula is C16H14Br2O3. The molecule has 0 fully saturated rings. The summed E-state index contributed by atoms with van der Waals surface area (Å²) in [5, 5.41) is 9.10. The molecule has 0 bridgehead atoms. The Kier molecular flexibility index (Phi) is 5.06. The Morgan fingerprint density at radius 2 is 1.81 bits per heavy atom. The minimum Gasteiger partial charge on any atom is -0.478 e. The van der Waals surface area contributed by atoms with E-state index in [1.54, 1.807) is 12.1 Å². The molecule has 0 spiro atoms. The Balaban J connectivity index is 2.40. The van der Waals surface area contributed by atoms with E-state index in [0.717, 1.165) is 15.8 Å². The molecule has 0 amide bonds. The molecule has 0 aromatic heterocycles. The van der Waals surface area contributed by atoms with Gasteiger partial charge in [0.15, 0.2) is 0 Å². The molecule has 2 rings (SSSR count). The van der Waals surface area contributed by atoms with Crippen LogP contribution >= 0.6 is 31.9 Å². The van der Waals surface area contributed by atoms with Gasteiger partial charge in [-0.05, 0) is 47.9 Å². The number of hydrogen-bond donors (Lipinski definition) is 1. The predicted molar refractivity (Wildman–Crippen MR) is 89.4 cm³/mol. The second-order valence-corrected chi connectivity index (χ2v) is 6.75. The van der Waals surface area contributed by atoms with E-state index in [2.05, 4.69) is 45.7 Å². The average Bonchev–Trinajstić information content (AvgIpc) is 2.40. The van der Waals surface area contributed by atoms with Crippen LogP contribution in [0.3, 0.4) is 0 Å². The normalized spacial score (nSPS) is 10.7. The maximum absolute atomic E-state index is 11.1. The van der Waals surface area contributed by atoms with Crippen molar-refractivity contribution in [2.45, 2.75) is 19.8 Å². The van der Waals surface area contributed by atoms with Gasteiger partial charge in [0.1, 0.15) is 11.5 Å². The maximum atomic E-state index is 11.1. The van der Waals surface area contributed by atoms with E-state index < -0.39 is 5.97 Å². The zero-order valence-corrected chi connectivity index (χ0v) is 14.7. The van der Waals surface area contributed by atoms with Crippen molar-refractivity contribution in [3.8, 4) is 11.5 Å². The lowest BCUT2D eigenvalue weighted by Gasteiger charge is -2.15. The molecular weight excluding hydrogens is 400 g/mol. The Bertz CT molecular complexity index is 681. The van der Waals surface area contributed by atoms with Gasteiger partial charge in [-0.25, -0.2) is 4.79 Å². The van der Waals surface area contributed by atoms with Crippen LogP contribution in [0.25, 0.3) is 0 Å². The molecule has 21 heavy (non-hydrogen) atoms. The summed E-state index contributed by atoms with van der Waals surface area (Å²) in [6.07, 6.45) is 0. The third-order valence-corrected chi connectivity index (χ3v) is 3.89. The third-order valence-electron chi connectivity index (χ3n) is 2.94. The molecule has 5 heteroatoms. The minimum absolute atomic E-state index is 0.183. The Morgan fingerprint density at radius 1 is 1.10 bits per heavy atom. The maximum Gasteiger partial charge on any atom is 0.335 e. The second-order valence-electron chi connectivity index (χ2n) is 4.92. The van der Waals surface area contributed by atoms with E-state index in [-0.39, 0.29) is 5.56 Å². The molecule has 3 nitrogen and oxygen atoms in total. The number of carboxylic acids is 1. The van der Waals surface area contributed by atoms with Crippen molar-refractivity contribution in [1.29, 1.82) is 0 Å². The fourth-order valence-corrected chi connectivity index (χ4v) is 2.79. The molecule has 2 aromatic carbocycles. The zero-order chi connectivity index (χ0) is 15.6. The Labute approximate surface area is 140 Å². The molecule has 0 aliphatic rings. The molecule has 0 saturated heterocycles. The summed E-state index contributed by atoms with van der Waals surface area (Å²) in [6, 6.07) is 10.6. The molecule has 0 radical (unpaired) electrons. The van der Waals surface area contributed by atoms with Crippen molar-refractivity contribution in [3.05, 3.63) is 56.5 Å². The number of halogens is 2. The third kappa shape index (κ3) is 4.08. The number of benzene rings is 2. The molecule has 0 saturated carbocycles. The first-order valence-corrected chi connectivity index (χ1v) is 7.96. The molecule has 0 atom stereocenters. The highest BCUT2D eigenvalue weighted by Crippen LogP contribution is 2.34. The van der Waals surface area contributed by atoms with Gasteiger partial charge in [-0.15, -0.1) is 0 Å². The molecule has 1 N–H and O–H groups in total. The number of hydrogen-bond acceptors (Lipinski definition) is 2. The molecule has 2 aromatic rings. The van der Waals surface area contributed by atoms with Crippen LogP contribution in [-0.4, -0.2) is 11.1 Å². The largest absolute Gasteiger partial charge is 0.478 e. The van der Waals surface area contributed by atoms with Crippen LogP contribution in [-0.2, 0) is 0 Å². The van der Waals surface area contributed by atoms with Crippen molar-refractivity contribution in [3.63, 3.8) is 0 Å². The summed E-state index contributed by atoms with van der Waals surface area (Å²) >= 11 is 6.75. The van der Waals surface area contributed by atoms with Crippen LogP contribution in [0.1, 0.15) is 35.7 Å². The van der Waals surface area contributed by atoms with E-state index in [9.17, 15) is 4.79 Å². The number of ether oxygens (including phenoxy) is 1. The number of carboxylic acid groups (broad SMARTS) is 1. The molecule has 110 valence electrons. The van der Waals surface area contributed by atoms with Gasteiger partial charge in [0.2, 0.25) is 0 Å². The van der Waals surface area contributed by atoms with Crippen LogP contribution < -0.4 is 4.74 Å². The molecule has 0 aliphatic carbocycles. The van der Waals surface area contributed by atoms with Gasteiger partial charge in [-0.1, -0.05) is 45.7 Å². The van der Waals surface area contributed by atoms with Crippen LogP contribution in [0.5, 0.6) is 11.5 Å². The molecule has 0 heterocycles. The summed E-state index contributed by atoms with van der Waals surface area (Å²) in [5.41, 5.74) is 1.24. The van der Waals surface area contributed by atoms with E-state index in [0.29, 0.717) is 16.1 Å². The minimum atomic E-state index is -0.985. The van der Waals surface area contributed by atoms with Crippen LogP contribution in [0.15, 0.2) is 45.3 Å². The number of carbonyl (C=O) groups is 1. The van der Waals surface area contributed by atoms with Crippen LogP contribution in [0.2, 0.25) is 0 Å². The summed E-state index contributed by atoms with van der Waals surface area (Å²) in [5.74, 6) is 0.526. The summed E-state index contributed by atoms with van der Waals surface area (Å²) in [4.78, 5) is 11.1. The van der Waals surface area contributed by atoms with Gasteiger partial charge in [-0.2, -0.15) is 0 Å². The highest BCUT2D eigenvalue weighted by atomic mass is 79.9. The van der Waals surface area contributed by atoms with Gasteiger partial charge >= 0.3 is 5.97 Å². The second kappa shape index (κ2) is 6.62.